The fourth-order valence-electron chi connectivity index (χ4n) is 2.70. The Morgan fingerprint density at radius 2 is 1.57 bits per heavy atom. The van der Waals surface area contributed by atoms with Crippen LogP contribution in [0.1, 0.15) is 25.0 Å². The molecule has 2 aromatic carbocycles. The molecule has 1 amide bonds. The first-order chi connectivity index (χ1) is 14.4. The van der Waals surface area contributed by atoms with Gasteiger partial charge in [-0.25, -0.2) is 10.2 Å². The maximum Gasteiger partial charge on any atom is 0.423 e. The number of benzene rings is 2. The molecule has 8 heteroatoms. The highest BCUT2D eigenvalue weighted by atomic mass is 16.6. The molecular weight excluding hydrogens is 386 g/mol. The van der Waals surface area contributed by atoms with Crippen LogP contribution in [0.25, 0.3) is 0 Å². The van der Waals surface area contributed by atoms with Gasteiger partial charge in [0.1, 0.15) is 12.7 Å². The number of hydrogen-bond donors (Lipinski definition) is 4. The van der Waals surface area contributed by atoms with Gasteiger partial charge in [-0.2, -0.15) is 0 Å². The van der Waals surface area contributed by atoms with Crippen molar-refractivity contribution in [3.63, 3.8) is 0 Å². The number of aliphatic hydroxyl groups excluding tert-OH is 1. The van der Waals surface area contributed by atoms with Crippen LogP contribution in [-0.4, -0.2) is 35.5 Å². The lowest BCUT2D eigenvalue weighted by Crippen LogP contribution is -2.50. The zero-order valence-corrected chi connectivity index (χ0v) is 17.2. The third kappa shape index (κ3) is 7.82. The van der Waals surface area contributed by atoms with Crippen LogP contribution in [0.15, 0.2) is 60.7 Å². The molecule has 0 spiro atoms. The predicted octanol–water partition coefficient (Wildman–Crippen LogP) is 1.87. The van der Waals surface area contributed by atoms with Crippen molar-refractivity contribution in [2.75, 3.05) is 0 Å². The van der Waals surface area contributed by atoms with E-state index in [1.165, 1.54) is 0 Å². The standard InChI is InChI=1S/C22H29N3O5/c1-15(2)24-25-22(28)30-20(23)19(26)18(13-16-9-5-3-6-10-16)21(27)29-14-17-11-7-4-8-12-17/h3-12,15,18-20,24,26H,13-14,23H2,1-2H3,(H,25,28)/t18-,19+,20?/m0/s1. The number of amides is 1. The van der Waals surface area contributed by atoms with Crippen molar-refractivity contribution >= 4 is 12.1 Å². The Bertz CT molecular complexity index is 786. The summed E-state index contributed by atoms with van der Waals surface area (Å²) in [6, 6.07) is 18.4. The summed E-state index contributed by atoms with van der Waals surface area (Å²) in [7, 11) is 0. The Balaban J connectivity index is 2.05. The molecule has 0 saturated heterocycles. The molecule has 2 aromatic rings. The van der Waals surface area contributed by atoms with Gasteiger partial charge in [0, 0.05) is 6.04 Å². The quantitative estimate of drug-likeness (QED) is 0.265. The third-order valence-electron chi connectivity index (χ3n) is 4.28. The molecule has 30 heavy (non-hydrogen) atoms. The monoisotopic (exact) mass is 415 g/mol. The van der Waals surface area contributed by atoms with Crippen LogP contribution in [-0.2, 0) is 27.3 Å². The Morgan fingerprint density at radius 1 is 1.00 bits per heavy atom. The molecule has 0 saturated carbocycles. The van der Waals surface area contributed by atoms with Gasteiger partial charge in [0.25, 0.3) is 0 Å². The highest BCUT2D eigenvalue weighted by molar-refractivity contribution is 5.74. The molecule has 8 nitrogen and oxygen atoms in total. The van der Waals surface area contributed by atoms with Gasteiger partial charge in [0.05, 0.1) is 5.92 Å². The zero-order valence-electron chi connectivity index (χ0n) is 17.2. The van der Waals surface area contributed by atoms with Crippen LogP contribution < -0.4 is 16.6 Å². The van der Waals surface area contributed by atoms with E-state index in [4.69, 9.17) is 15.2 Å². The fourth-order valence-corrected chi connectivity index (χ4v) is 2.70. The normalized spacial score (nSPS) is 13.9. The van der Waals surface area contributed by atoms with E-state index in [9.17, 15) is 14.7 Å². The summed E-state index contributed by atoms with van der Waals surface area (Å²) in [6.07, 6.45) is -3.56. The molecule has 0 radical (unpaired) electrons. The van der Waals surface area contributed by atoms with Gasteiger partial charge >= 0.3 is 12.1 Å². The molecule has 0 fully saturated rings. The van der Waals surface area contributed by atoms with Crippen molar-refractivity contribution in [1.82, 2.24) is 10.9 Å². The van der Waals surface area contributed by atoms with Crippen molar-refractivity contribution < 1.29 is 24.2 Å². The molecule has 0 aliphatic rings. The van der Waals surface area contributed by atoms with E-state index in [2.05, 4.69) is 10.9 Å². The van der Waals surface area contributed by atoms with Gasteiger partial charge in [0.15, 0.2) is 6.23 Å². The van der Waals surface area contributed by atoms with Gasteiger partial charge in [-0.3, -0.25) is 16.0 Å². The number of esters is 1. The molecule has 0 bridgehead atoms. The predicted molar refractivity (Wildman–Crippen MR) is 112 cm³/mol. The number of ether oxygens (including phenoxy) is 2. The van der Waals surface area contributed by atoms with Crippen LogP contribution in [0.3, 0.4) is 0 Å². The van der Waals surface area contributed by atoms with E-state index in [1.807, 2.05) is 74.5 Å². The molecule has 3 atom stereocenters. The Labute approximate surface area is 176 Å². The van der Waals surface area contributed by atoms with Crippen LogP contribution >= 0.6 is 0 Å². The van der Waals surface area contributed by atoms with E-state index >= 15 is 0 Å². The minimum atomic E-state index is -1.46. The highest BCUT2D eigenvalue weighted by Crippen LogP contribution is 2.18. The first-order valence-electron chi connectivity index (χ1n) is 9.77. The Morgan fingerprint density at radius 3 is 2.13 bits per heavy atom. The van der Waals surface area contributed by atoms with Crippen LogP contribution in [0, 0.1) is 5.92 Å². The number of nitrogens with two attached hydrogens (primary N) is 1. The van der Waals surface area contributed by atoms with Gasteiger partial charge < -0.3 is 14.6 Å². The second kappa shape index (κ2) is 11.9. The molecule has 2 rings (SSSR count). The third-order valence-corrected chi connectivity index (χ3v) is 4.28. The van der Waals surface area contributed by atoms with E-state index in [0.717, 1.165) is 11.1 Å². The number of rotatable bonds is 10. The maximum absolute atomic E-state index is 12.8. The van der Waals surface area contributed by atoms with Crippen LogP contribution in [0.4, 0.5) is 4.79 Å². The van der Waals surface area contributed by atoms with Crippen molar-refractivity contribution in [1.29, 1.82) is 0 Å². The average Bonchev–Trinajstić information content (AvgIpc) is 2.75. The summed E-state index contributed by atoms with van der Waals surface area (Å²) in [6.45, 7) is 3.72. The van der Waals surface area contributed by atoms with Gasteiger partial charge in [-0.05, 0) is 31.4 Å². The van der Waals surface area contributed by atoms with Crippen LogP contribution in [0.5, 0.6) is 0 Å². The summed E-state index contributed by atoms with van der Waals surface area (Å²) in [4.78, 5) is 24.6. The van der Waals surface area contributed by atoms with Crippen molar-refractivity contribution in [2.24, 2.45) is 11.7 Å². The van der Waals surface area contributed by atoms with Gasteiger partial charge in [-0.15, -0.1) is 0 Å². The van der Waals surface area contributed by atoms with E-state index in [0.29, 0.717) is 0 Å². The molecular formula is C22H29N3O5. The number of carbonyl (C=O) groups excluding carboxylic acids is 2. The largest absolute Gasteiger partial charge is 0.461 e. The summed E-state index contributed by atoms with van der Waals surface area (Å²) in [5.74, 6) is -1.65. The Hall–Kier alpha value is -2.94. The first kappa shape index (κ1) is 23.3. The van der Waals surface area contributed by atoms with E-state index in [1.54, 1.807) is 0 Å². The number of carbonyl (C=O) groups is 2. The zero-order chi connectivity index (χ0) is 21.9. The minimum absolute atomic E-state index is 0.0162. The van der Waals surface area contributed by atoms with E-state index < -0.39 is 30.3 Å². The number of aliphatic hydroxyl groups is 1. The number of hydrazine groups is 1. The summed E-state index contributed by atoms with van der Waals surface area (Å²) >= 11 is 0. The first-order valence-corrected chi connectivity index (χ1v) is 9.77. The van der Waals surface area contributed by atoms with Crippen LogP contribution in [0.2, 0.25) is 0 Å². The molecule has 5 N–H and O–H groups in total. The molecule has 0 aromatic heterocycles. The van der Waals surface area contributed by atoms with Crippen molar-refractivity contribution in [2.45, 2.75) is 45.2 Å². The fraction of sp³-hybridized carbons (Fsp3) is 0.364. The highest BCUT2D eigenvalue weighted by Gasteiger charge is 2.35. The topological polar surface area (TPSA) is 123 Å². The van der Waals surface area contributed by atoms with Gasteiger partial charge in [0.2, 0.25) is 0 Å². The number of nitrogens with one attached hydrogen (secondary N) is 2. The lowest BCUT2D eigenvalue weighted by molar-refractivity contribution is -0.157. The second-order valence-corrected chi connectivity index (χ2v) is 7.17. The maximum atomic E-state index is 12.8. The second-order valence-electron chi connectivity index (χ2n) is 7.17. The molecule has 162 valence electrons. The average molecular weight is 415 g/mol. The molecule has 1 unspecified atom stereocenters. The number of hydrogen-bond acceptors (Lipinski definition) is 7. The van der Waals surface area contributed by atoms with Crippen molar-refractivity contribution in [3.8, 4) is 0 Å². The lowest BCUT2D eigenvalue weighted by Gasteiger charge is -2.26. The lowest BCUT2D eigenvalue weighted by atomic mass is 9.93. The molecule has 0 aliphatic heterocycles. The summed E-state index contributed by atoms with van der Waals surface area (Å²) in [5.41, 5.74) is 12.5. The summed E-state index contributed by atoms with van der Waals surface area (Å²) in [5, 5.41) is 10.7. The molecule has 0 heterocycles. The van der Waals surface area contributed by atoms with Crippen molar-refractivity contribution in [3.05, 3.63) is 71.8 Å². The Kier molecular flexibility index (Phi) is 9.27. The summed E-state index contributed by atoms with van der Waals surface area (Å²) < 4.78 is 10.4. The SMILES string of the molecule is CC(C)NNC(=O)OC(N)[C@H](O)[C@H](Cc1ccccc1)C(=O)OCc1ccccc1. The minimum Gasteiger partial charge on any atom is -0.461 e. The van der Waals surface area contributed by atoms with E-state index in [-0.39, 0.29) is 19.1 Å². The smallest absolute Gasteiger partial charge is 0.423 e. The molecule has 0 aliphatic carbocycles. The van der Waals surface area contributed by atoms with Gasteiger partial charge in [-0.1, -0.05) is 60.7 Å².